The van der Waals surface area contributed by atoms with Crippen LogP contribution in [0.15, 0.2) is 58.6 Å². The SMILES string of the molecule is CCCOCCCNC(=O)C(CCC(=O)NCCOC)NC(=O)CN1CCN(CC(=O)O)CCN(CC(=O)O)CCN(CC(=O)O)CC1.COCCOCCCNC(=O)CCCOc1cc(C)c(S(=O)(=O)NC(CNC(=O)c2cn(C)c3cc(CNc4ncc[nH]4)ccc3c2=O)C(=O)O)c(C)c1. The molecule has 0 radical (unpaired) electrons. The van der Waals surface area contributed by atoms with E-state index in [1.165, 1.54) is 25.4 Å². The summed E-state index contributed by atoms with van der Waals surface area (Å²) in [5.74, 6) is -5.92. The molecule has 1 saturated heterocycles. The highest BCUT2D eigenvalue weighted by molar-refractivity contribution is 7.89. The molecule has 3 heterocycles. The van der Waals surface area contributed by atoms with Crippen LogP contribution >= 0.6 is 0 Å². The van der Waals surface area contributed by atoms with E-state index in [1.54, 1.807) is 82.8 Å². The monoisotopic (exact) mass is 1460 g/mol. The molecule has 12 N–H and O–H groups in total. The fraction of sp³-hybridized carbons (Fsp3) is 0.591. The van der Waals surface area contributed by atoms with Crippen molar-refractivity contribution in [3.63, 3.8) is 0 Å². The second-order valence-electron chi connectivity index (χ2n) is 24.0. The van der Waals surface area contributed by atoms with Crippen molar-refractivity contribution in [2.45, 2.75) is 89.2 Å². The molecule has 1 fully saturated rings. The van der Waals surface area contributed by atoms with Crippen LogP contribution in [0.5, 0.6) is 5.75 Å². The Morgan fingerprint density at radius 3 is 1.75 bits per heavy atom. The molecule has 0 bridgehead atoms. The largest absolute Gasteiger partial charge is 0.494 e. The van der Waals surface area contributed by atoms with E-state index in [1.807, 2.05) is 6.92 Å². The smallest absolute Gasteiger partial charge is 0.323 e. The highest BCUT2D eigenvalue weighted by Crippen LogP contribution is 2.26. The van der Waals surface area contributed by atoms with Gasteiger partial charge in [-0.2, -0.15) is 4.72 Å². The van der Waals surface area contributed by atoms with E-state index >= 15 is 0 Å². The van der Waals surface area contributed by atoms with Gasteiger partial charge in [0.25, 0.3) is 5.91 Å². The van der Waals surface area contributed by atoms with Gasteiger partial charge in [-0.05, 0) is 86.9 Å². The van der Waals surface area contributed by atoms with Gasteiger partial charge in [0.15, 0.2) is 5.95 Å². The second-order valence-corrected chi connectivity index (χ2v) is 25.7. The van der Waals surface area contributed by atoms with Crippen LogP contribution in [0, 0.1) is 13.8 Å². The van der Waals surface area contributed by atoms with Crippen LogP contribution in [0.2, 0.25) is 0 Å². The maximum absolute atomic E-state index is 13.5. The van der Waals surface area contributed by atoms with Crippen LogP contribution in [0.1, 0.15) is 78.9 Å². The van der Waals surface area contributed by atoms with Gasteiger partial charge in [0.05, 0.1) is 63.0 Å². The molecular weight excluding hydrogens is 1360 g/mol. The van der Waals surface area contributed by atoms with E-state index in [0.29, 0.717) is 113 Å². The summed E-state index contributed by atoms with van der Waals surface area (Å²) in [6.07, 6.45) is 7.49. The van der Waals surface area contributed by atoms with Crippen LogP contribution in [-0.2, 0) is 80.9 Å². The molecule has 35 nitrogen and oxygen atoms in total. The first-order chi connectivity index (χ1) is 48.7. The number of nitrogens with one attached hydrogen (secondary N) is 8. The minimum absolute atomic E-state index is 0.0153. The fourth-order valence-corrected chi connectivity index (χ4v) is 12.2. The highest BCUT2D eigenvalue weighted by Gasteiger charge is 2.30. The number of pyridine rings is 1. The topological polar surface area (TPSA) is 463 Å². The van der Waals surface area contributed by atoms with Gasteiger partial charge in [-0.15, -0.1) is 0 Å². The Hall–Kier alpha value is -8.72. The Kier molecular flexibility index (Phi) is 39.3. The maximum Gasteiger partial charge on any atom is 0.323 e. The number of carboxylic acids is 4. The lowest BCUT2D eigenvalue weighted by atomic mass is 10.1. The zero-order valence-electron chi connectivity index (χ0n) is 59.0. The van der Waals surface area contributed by atoms with E-state index < -0.39 is 75.7 Å². The summed E-state index contributed by atoms with van der Waals surface area (Å²) in [5, 5.41) is 54.9. The molecule has 0 saturated carbocycles. The Morgan fingerprint density at radius 2 is 1.20 bits per heavy atom. The number of amides is 5. The molecule has 2 aromatic carbocycles. The number of anilines is 1. The molecule has 568 valence electrons. The first-order valence-corrected chi connectivity index (χ1v) is 35.1. The number of aryl methyl sites for hydroxylation is 3. The van der Waals surface area contributed by atoms with Gasteiger partial charge in [0.2, 0.25) is 39.1 Å². The van der Waals surface area contributed by atoms with E-state index in [9.17, 15) is 76.8 Å². The van der Waals surface area contributed by atoms with Gasteiger partial charge in [-0.1, -0.05) is 13.0 Å². The van der Waals surface area contributed by atoms with Crippen molar-refractivity contribution >= 4 is 80.3 Å². The zero-order valence-corrected chi connectivity index (χ0v) is 59.8. The number of imidazole rings is 1. The number of hydrogen-bond acceptors (Lipinski definition) is 23. The number of benzene rings is 2. The standard InChI is InChI=1S/C36H47N7O10S.C30H55N7O11/c1-23-17-26(53-14-5-7-31(44)37-10-6-13-52-16-15-51-4)18-24(2)33(23)54(49,50)42-29(35(47)48)21-40-34(46)28-22-43(3)30-19-25(8-9-27(30)32(28)45)20-41-36-38-11-12-39-36;1-3-17-48-18-4-7-32-30(46)24(5-6-25(38)31-8-19-47-2)33-26(39)20-34-9-11-35(21-27(40)41)13-15-37(23-29(44)45)16-14-36(12-10-34)22-28(42)43/h8-9,11-12,17-19,22,29,42H,5-7,10,13-16,20-21H2,1-4H3,(H,37,44)(H,40,46)(H,47,48)(H2,38,39,41);24H,3-23H2,1-2H3,(H,31,38)(H,32,46)(H,33,39)(H,40,41)(H,42,43)(H,44,45). The average Bonchev–Trinajstić information content (AvgIpc) is 0.852. The first kappa shape index (κ1) is 85.7. The number of ether oxygens (including phenoxy) is 5. The lowest BCUT2D eigenvalue weighted by Gasteiger charge is -2.33. The molecule has 102 heavy (non-hydrogen) atoms. The number of sulfonamides is 1. The molecule has 0 spiro atoms. The number of nitrogens with zero attached hydrogens (tertiary/aromatic N) is 6. The van der Waals surface area contributed by atoms with Crippen LogP contribution in [0.25, 0.3) is 10.9 Å². The Balaban J connectivity index is 0.000000436. The number of carbonyl (C=O) groups excluding carboxylic acids is 5. The number of aliphatic carboxylic acids is 4. The second kappa shape index (κ2) is 46.7. The molecule has 5 rings (SSSR count). The van der Waals surface area contributed by atoms with Gasteiger partial charge in [-0.3, -0.25) is 67.5 Å². The van der Waals surface area contributed by atoms with Crippen molar-refractivity contribution in [1.29, 1.82) is 0 Å². The predicted molar refractivity (Wildman–Crippen MR) is 374 cm³/mol. The van der Waals surface area contributed by atoms with E-state index in [0.717, 1.165) is 12.0 Å². The molecule has 1 aliphatic heterocycles. The normalized spacial score (nSPS) is 14.2. The van der Waals surface area contributed by atoms with Gasteiger partial charge < -0.3 is 85.6 Å². The molecule has 36 heteroatoms. The highest BCUT2D eigenvalue weighted by atomic mass is 32.2. The van der Waals surface area contributed by atoms with Gasteiger partial charge in [0, 0.05) is 163 Å². The number of carboxylic acid groups (broad SMARTS) is 4. The Morgan fingerprint density at radius 1 is 0.637 bits per heavy atom. The number of fused-ring (bicyclic) bond motifs is 1. The molecule has 0 aliphatic carbocycles. The summed E-state index contributed by atoms with van der Waals surface area (Å²) < 4.78 is 57.1. The van der Waals surface area contributed by atoms with Crippen molar-refractivity contribution in [2.24, 2.45) is 7.05 Å². The molecule has 2 atom stereocenters. The lowest BCUT2D eigenvalue weighted by molar-refractivity contribution is -0.140. The van der Waals surface area contributed by atoms with Crippen LogP contribution in [0.3, 0.4) is 0 Å². The summed E-state index contributed by atoms with van der Waals surface area (Å²) in [4.78, 5) is 138. The van der Waals surface area contributed by atoms with E-state index in [4.69, 9.17) is 23.7 Å². The molecule has 1 aliphatic rings. The quantitative estimate of drug-likeness (QED) is 0.0246. The number of aromatic nitrogens is 3. The Bertz CT molecular complexity index is 3450. The Labute approximate surface area is 593 Å². The average molecular weight is 1460 g/mol. The van der Waals surface area contributed by atoms with Crippen molar-refractivity contribution in [2.75, 3.05) is 171 Å². The van der Waals surface area contributed by atoms with Gasteiger partial charge >= 0.3 is 23.9 Å². The third-order valence-electron chi connectivity index (χ3n) is 15.7. The van der Waals surface area contributed by atoms with Crippen LogP contribution in [-0.4, -0.2) is 294 Å². The third-order valence-corrected chi connectivity index (χ3v) is 17.5. The van der Waals surface area contributed by atoms with Gasteiger partial charge in [-0.25, -0.2) is 13.4 Å². The summed E-state index contributed by atoms with van der Waals surface area (Å²) in [5.41, 5.74) is 1.24. The van der Waals surface area contributed by atoms with Crippen molar-refractivity contribution in [3.8, 4) is 5.75 Å². The number of H-pyrrole nitrogens is 1. The third kappa shape index (κ3) is 32.9. The van der Waals surface area contributed by atoms with E-state index in [2.05, 4.69) is 46.6 Å². The summed E-state index contributed by atoms with van der Waals surface area (Å²) in [6, 6.07) is 5.42. The van der Waals surface area contributed by atoms with Crippen LogP contribution in [0.4, 0.5) is 5.95 Å². The molecule has 4 aromatic rings. The zero-order chi connectivity index (χ0) is 75.0. The first-order valence-electron chi connectivity index (χ1n) is 33.6. The van der Waals surface area contributed by atoms with Crippen molar-refractivity contribution < 1.29 is 95.7 Å². The van der Waals surface area contributed by atoms with Crippen molar-refractivity contribution in [1.82, 2.24) is 65.4 Å². The number of hydrogen-bond donors (Lipinski definition) is 12. The number of methoxy groups -OCH3 is 2. The van der Waals surface area contributed by atoms with E-state index in [-0.39, 0.29) is 132 Å². The van der Waals surface area contributed by atoms with Gasteiger partial charge in [0.1, 0.15) is 23.4 Å². The summed E-state index contributed by atoms with van der Waals surface area (Å²) in [7, 11) is 0.377. The number of carbonyl (C=O) groups is 9. The minimum atomic E-state index is -4.40. The molecule has 2 aromatic heterocycles. The molecular formula is C66H102N14O21S. The number of rotatable bonds is 44. The summed E-state index contributed by atoms with van der Waals surface area (Å²) in [6.45, 7) is 10.1. The number of aromatic amines is 1. The molecule has 2 unspecified atom stereocenters. The minimum Gasteiger partial charge on any atom is -0.494 e. The lowest BCUT2D eigenvalue weighted by Crippen LogP contribution is -2.52. The maximum atomic E-state index is 13.5. The van der Waals surface area contributed by atoms with Crippen LogP contribution < -0.4 is 46.8 Å². The predicted octanol–water partition coefficient (Wildman–Crippen LogP) is -0.597. The van der Waals surface area contributed by atoms with Crippen molar-refractivity contribution in [3.05, 3.63) is 81.4 Å². The fourth-order valence-electron chi connectivity index (χ4n) is 10.5. The summed E-state index contributed by atoms with van der Waals surface area (Å²) >= 11 is 0. The molecule has 5 amide bonds.